The summed E-state index contributed by atoms with van der Waals surface area (Å²) in [6.45, 7) is 4.55. The fourth-order valence-corrected chi connectivity index (χ4v) is 4.11. The molecule has 0 aromatic carbocycles. The Hall–Kier alpha value is -1.30. The molecule has 1 fully saturated rings. The standard InChI is InChI=1S/C16H17Cl3N4O/c1-16(2)8-4-3-7(9(16)5-8)6-21-23-15(24)13-10(17)12(20)11(18)14(19)22-13/h3,6,8-9H,4-5H2,1-2H3,(H2,20,22)(H,23,24)/p+1/b21-6-/t8-,9-/m0/s1. The number of nitrogens with two attached hydrogens (primary N) is 1. The van der Waals surface area contributed by atoms with Crippen molar-refractivity contribution in [2.75, 3.05) is 5.73 Å². The molecular weight excluding hydrogens is 371 g/mol. The fourth-order valence-electron chi connectivity index (χ4n) is 3.49. The molecule has 0 spiro atoms. The molecular formula is C16H18Cl3N4O+. The van der Waals surface area contributed by atoms with E-state index in [1.807, 2.05) is 0 Å². The zero-order valence-electron chi connectivity index (χ0n) is 13.3. The molecule has 24 heavy (non-hydrogen) atoms. The monoisotopic (exact) mass is 387 g/mol. The molecule has 4 N–H and O–H groups in total. The number of amides is 1. The van der Waals surface area contributed by atoms with Gasteiger partial charge in [-0.15, -0.1) is 0 Å². The molecule has 0 aliphatic heterocycles. The van der Waals surface area contributed by atoms with Gasteiger partial charge in [-0.1, -0.05) is 43.1 Å². The highest BCUT2D eigenvalue weighted by atomic mass is 35.5. The largest absolute Gasteiger partial charge is 0.396 e. The van der Waals surface area contributed by atoms with Crippen molar-refractivity contribution in [1.29, 1.82) is 0 Å². The van der Waals surface area contributed by atoms with Gasteiger partial charge in [0.15, 0.2) is 0 Å². The number of carbonyl (C=O) groups is 1. The molecule has 1 aromatic heterocycles. The number of halogens is 3. The van der Waals surface area contributed by atoms with E-state index in [2.05, 4.69) is 35.4 Å². The number of aromatic nitrogens is 1. The Morgan fingerprint density at radius 1 is 1.42 bits per heavy atom. The van der Waals surface area contributed by atoms with Crippen LogP contribution in [-0.4, -0.2) is 12.1 Å². The smallest absolute Gasteiger partial charge is 0.337 e. The Bertz CT molecular complexity index is 773. The van der Waals surface area contributed by atoms with Crippen LogP contribution in [0.3, 0.4) is 0 Å². The van der Waals surface area contributed by atoms with Gasteiger partial charge in [0, 0.05) is 0 Å². The molecule has 2 bridgehead atoms. The molecule has 1 amide bonds. The summed E-state index contributed by atoms with van der Waals surface area (Å²) in [6, 6.07) is 0. The average Bonchev–Trinajstić information content (AvgIpc) is 2.56. The van der Waals surface area contributed by atoms with Crippen LogP contribution in [0.4, 0.5) is 5.69 Å². The Morgan fingerprint density at radius 2 is 2.12 bits per heavy atom. The zero-order valence-corrected chi connectivity index (χ0v) is 15.6. The minimum Gasteiger partial charge on any atom is -0.396 e. The third-order valence-electron chi connectivity index (χ3n) is 5.24. The van der Waals surface area contributed by atoms with E-state index in [9.17, 15) is 4.79 Å². The first-order valence-corrected chi connectivity index (χ1v) is 8.75. The number of nitrogens with zero attached hydrogens (tertiary/aromatic N) is 1. The topological polar surface area (TPSA) is 81.6 Å². The number of nitrogens with one attached hydrogen (secondary N) is 2. The van der Waals surface area contributed by atoms with E-state index in [4.69, 9.17) is 40.5 Å². The summed E-state index contributed by atoms with van der Waals surface area (Å²) >= 11 is 17.8. The fraction of sp³-hybridized carbons (Fsp3) is 0.438. The SMILES string of the molecule is CC1(C)[C@H]2CC=C(/C=N\NC(=O)c3[nH+]c(Cl)c(Cl)c(N)c3Cl)[C@@H]1C2. The lowest BCUT2D eigenvalue weighted by Gasteiger charge is -2.55. The molecule has 1 aromatic rings. The number of hydrogen-bond acceptors (Lipinski definition) is 3. The second kappa shape index (κ2) is 6.21. The maximum Gasteiger partial charge on any atom is 0.337 e. The summed E-state index contributed by atoms with van der Waals surface area (Å²) in [6.07, 6.45) is 6.13. The van der Waals surface area contributed by atoms with Crippen LogP contribution in [0.5, 0.6) is 0 Å². The van der Waals surface area contributed by atoms with Crippen LogP contribution < -0.4 is 16.1 Å². The summed E-state index contributed by atoms with van der Waals surface area (Å²) in [5.74, 6) is 0.707. The second-order valence-electron chi connectivity index (χ2n) is 6.80. The molecule has 8 heteroatoms. The zero-order chi connectivity index (χ0) is 17.6. The lowest BCUT2D eigenvalue weighted by Crippen LogP contribution is -2.48. The third kappa shape index (κ3) is 2.79. The van der Waals surface area contributed by atoms with Gasteiger partial charge in [-0.2, -0.15) is 10.1 Å². The average molecular weight is 389 g/mol. The summed E-state index contributed by atoms with van der Waals surface area (Å²) in [7, 11) is 0. The molecule has 0 saturated heterocycles. The van der Waals surface area contributed by atoms with Crippen molar-refractivity contribution >= 4 is 52.6 Å². The Labute approximate surface area is 155 Å². The molecule has 3 aliphatic carbocycles. The number of fused-ring (bicyclic) bond motifs is 1. The number of allylic oxidation sites excluding steroid dienone is 2. The van der Waals surface area contributed by atoms with Gasteiger partial charge >= 0.3 is 5.91 Å². The van der Waals surface area contributed by atoms with E-state index in [0.717, 1.165) is 17.9 Å². The van der Waals surface area contributed by atoms with E-state index < -0.39 is 5.91 Å². The highest BCUT2D eigenvalue weighted by molar-refractivity contribution is 6.45. The van der Waals surface area contributed by atoms with Crippen LogP contribution in [0.1, 0.15) is 37.2 Å². The lowest BCUT2D eigenvalue weighted by atomic mass is 9.49. The molecule has 2 atom stereocenters. The predicted molar refractivity (Wildman–Crippen MR) is 96.5 cm³/mol. The molecule has 5 nitrogen and oxygen atoms in total. The van der Waals surface area contributed by atoms with E-state index in [1.165, 1.54) is 6.42 Å². The van der Waals surface area contributed by atoms with E-state index >= 15 is 0 Å². The molecule has 1 saturated carbocycles. The van der Waals surface area contributed by atoms with Gasteiger partial charge in [0.25, 0.3) is 10.8 Å². The van der Waals surface area contributed by atoms with Gasteiger partial charge < -0.3 is 5.73 Å². The Kier molecular flexibility index (Phi) is 4.53. The Morgan fingerprint density at radius 3 is 2.75 bits per heavy atom. The summed E-state index contributed by atoms with van der Waals surface area (Å²) < 4.78 is 0. The van der Waals surface area contributed by atoms with E-state index in [1.54, 1.807) is 6.21 Å². The van der Waals surface area contributed by atoms with Crippen molar-refractivity contribution in [2.45, 2.75) is 26.7 Å². The number of hydrazone groups is 1. The molecule has 0 unspecified atom stereocenters. The van der Waals surface area contributed by atoms with Gasteiger partial charge in [0.05, 0.1) is 11.9 Å². The number of aromatic amines is 1. The maximum atomic E-state index is 12.2. The maximum absolute atomic E-state index is 12.2. The van der Waals surface area contributed by atoms with Crippen molar-refractivity contribution in [2.24, 2.45) is 22.4 Å². The third-order valence-corrected chi connectivity index (χ3v) is 6.40. The molecule has 1 heterocycles. The minimum absolute atomic E-state index is 0.0111. The normalized spacial score (nSPS) is 24.5. The van der Waals surface area contributed by atoms with Crippen LogP contribution >= 0.6 is 34.8 Å². The van der Waals surface area contributed by atoms with E-state index in [-0.39, 0.29) is 26.6 Å². The highest BCUT2D eigenvalue weighted by Crippen LogP contribution is 2.58. The van der Waals surface area contributed by atoms with Crippen molar-refractivity contribution in [1.82, 2.24) is 5.43 Å². The van der Waals surface area contributed by atoms with E-state index in [0.29, 0.717) is 11.3 Å². The molecule has 128 valence electrons. The molecule has 4 rings (SSSR count). The van der Waals surface area contributed by atoms with Crippen LogP contribution in [0, 0.1) is 17.3 Å². The second-order valence-corrected chi connectivity index (χ2v) is 7.94. The number of carbonyl (C=O) groups excluding carboxylic acids is 1. The highest BCUT2D eigenvalue weighted by Gasteiger charge is 2.50. The van der Waals surface area contributed by atoms with Gasteiger partial charge in [-0.3, -0.25) is 4.79 Å². The van der Waals surface area contributed by atoms with Crippen LogP contribution in [0.2, 0.25) is 15.2 Å². The van der Waals surface area contributed by atoms with Crippen molar-refractivity contribution in [3.05, 3.63) is 32.5 Å². The van der Waals surface area contributed by atoms with Crippen LogP contribution in [0.25, 0.3) is 0 Å². The summed E-state index contributed by atoms with van der Waals surface area (Å²) in [4.78, 5) is 14.8. The van der Waals surface area contributed by atoms with Gasteiger partial charge in [0.1, 0.15) is 10.0 Å². The summed E-state index contributed by atoms with van der Waals surface area (Å²) in [5.41, 5.74) is 9.69. The number of H-pyrrole nitrogens is 1. The lowest BCUT2D eigenvalue weighted by molar-refractivity contribution is -0.379. The number of anilines is 1. The van der Waals surface area contributed by atoms with Crippen molar-refractivity contribution in [3.8, 4) is 0 Å². The predicted octanol–water partition coefficient (Wildman–Crippen LogP) is 3.75. The quantitative estimate of drug-likeness (QED) is 0.469. The number of hydrogen-bond donors (Lipinski definition) is 2. The first-order valence-electron chi connectivity index (χ1n) is 7.62. The summed E-state index contributed by atoms with van der Waals surface area (Å²) in [5, 5.41) is 4.18. The first-order chi connectivity index (χ1) is 11.2. The van der Waals surface area contributed by atoms with Crippen molar-refractivity contribution < 1.29 is 9.78 Å². The number of pyridine rings is 1. The van der Waals surface area contributed by atoms with Gasteiger partial charge in [0.2, 0.25) is 0 Å². The van der Waals surface area contributed by atoms with Crippen LogP contribution in [-0.2, 0) is 0 Å². The Balaban J connectivity index is 1.72. The van der Waals surface area contributed by atoms with Crippen molar-refractivity contribution in [3.63, 3.8) is 0 Å². The molecule has 3 aliphatic rings. The van der Waals surface area contributed by atoms with Gasteiger partial charge in [-0.25, -0.2) is 5.43 Å². The number of rotatable bonds is 3. The first kappa shape index (κ1) is 17.5. The minimum atomic E-state index is -0.538. The van der Waals surface area contributed by atoms with Gasteiger partial charge in [-0.05, 0) is 47.3 Å². The van der Waals surface area contributed by atoms with Crippen LogP contribution in [0.15, 0.2) is 16.8 Å². The molecule has 0 radical (unpaired) electrons. The number of nitrogen functional groups attached to an aromatic ring is 1.